The molecule has 4 N–H and O–H groups in total. The summed E-state index contributed by atoms with van der Waals surface area (Å²) < 4.78 is 12.5. The van der Waals surface area contributed by atoms with Gasteiger partial charge in [-0.3, -0.25) is 4.98 Å². The Morgan fingerprint density at radius 3 is 2.59 bits per heavy atom. The fourth-order valence-electron chi connectivity index (χ4n) is 2.44. The monoisotopic (exact) mass is 302 g/mol. The van der Waals surface area contributed by atoms with Crippen molar-refractivity contribution in [2.24, 2.45) is 18.5 Å². The van der Waals surface area contributed by atoms with Gasteiger partial charge in [-0.15, -0.1) is 0 Å². The highest BCUT2D eigenvalue weighted by molar-refractivity contribution is 5.88. The number of hydrogen-bond donors (Lipinski definition) is 2. The number of fused-ring (bicyclic) bond motifs is 1. The Morgan fingerprint density at radius 2 is 2.05 bits per heavy atom. The molecule has 0 bridgehead atoms. The first-order chi connectivity index (χ1) is 10.6. The number of nitrogens with zero attached hydrogens (tertiary/aromatic N) is 2. The van der Waals surface area contributed by atoms with Crippen LogP contribution in [0.4, 0.5) is 0 Å². The van der Waals surface area contributed by atoms with Crippen LogP contribution in [0.5, 0.6) is 0 Å². The summed E-state index contributed by atoms with van der Waals surface area (Å²) in [5, 5.41) is 1.08. The van der Waals surface area contributed by atoms with Crippen molar-refractivity contribution in [3.05, 3.63) is 47.6 Å². The highest BCUT2D eigenvalue weighted by Gasteiger charge is 2.19. The Kier molecular flexibility index (Phi) is 4.60. The van der Waals surface area contributed by atoms with E-state index >= 15 is 0 Å². The number of aryl methyl sites for hydroxylation is 2. The van der Waals surface area contributed by atoms with Crippen LogP contribution in [0, 0.1) is 0 Å². The first-order valence-electron chi connectivity index (χ1n) is 7.02. The number of pyridine rings is 1. The number of allylic oxidation sites excluding steroid dienone is 1. The van der Waals surface area contributed by atoms with Crippen molar-refractivity contribution in [3.63, 3.8) is 0 Å². The summed E-state index contributed by atoms with van der Waals surface area (Å²) in [6.45, 7) is 2.08. The average molecular weight is 302 g/mol. The van der Waals surface area contributed by atoms with E-state index < -0.39 is 0 Å². The second kappa shape index (κ2) is 6.43. The highest BCUT2D eigenvalue weighted by Crippen LogP contribution is 2.30. The Bertz CT molecular complexity index is 744. The molecular weight excluding hydrogens is 280 g/mol. The lowest BCUT2D eigenvalue weighted by Crippen LogP contribution is -2.10. The molecule has 0 saturated heterocycles. The first kappa shape index (κ1) is 15.8. The fourth-order valence-corrected chi connectivity index (χ4v) is 2.44. The van der Waals surface area contributed by atoms with Gasteiger partial charge in [0.15, 0.2) is 5.88 Å². The van der Waals surface area contributed by atoms with Crippen molar-refractivity contribution in [1.82, 2.24) is 9.55 Å². The molecule has 2 rings (SSSR count). The lowest BCUT2D eigenvalue weighted by molar-refractivity contribution is 0.277. The molecule has 2 heterocycles. The van der Waals surface area contributed by atoms with Crippen LogP contribution in [-0.4, -0.2) is 23.8 Å². The summed E-state index contributed by atoms with van der Waals surface area (Å²) >= 11 is 0. The molecule has 0 radical (unpaired) electrons. The van der Waals surface area contributed by atoms with Crippen LogP contribution in [-0.2, 0) is 22.9 Å². The van der Waals surface area contributed by atoms with E-state index in [-0.39, 0.29) is 5.88 Å². The SMILES string of the molecule is CCc1cc2cc(C(/C(=C\N)OC)=C(/N)OC)n(C)c2cn1. The predicted octanol–water partition coefficient (Wildman–Crippen LogP) is 1.86. The molecule has 6 nitrogen and oxygen atoms in total. The zero-order valence-electron chi connectivity index (χ0n) is 13.4. The molecule has 0 fully saturated rings. The van der Waals surface area contributed by atoms with Gasteiger partial charge in [-0.25, -0.2) is 0 Å². The molecule has 0 saturated carbocycles. The molecule has 6 heteroatoms. The summed E-state index contributed by atoms with van der Waals surface area (Å²) in [5.74, 6) is 0.696. The molecule has 0 atom stereocenters. The lowest BCUT2D eigenvalue weighted by Gasteiger charge is -2.14. The number of methoxy groups -OCH3 is 2. The quantitative estimate of drug-likeness (QED) is 0.650. The minimum atomic E-state index is 0.244. The number of aromatic nitrogens is 2. The van der Waals surface area contributed by atoms with E-state index in [1.165, 1.54) is 13.3 Å². The molecule has 0 aliphatic heterocycles. The Balaban J connectivity index is 2.72. The van der Waals surface area contributed by atoms with Crippen LogP contribution >= 0.6 is 0 Å². The maximum Gasteiger partial charge on any atom is 0.197 e. The Morgan fingerprint density at radius 1 is 1.32 bits per heavy atom. The van der Waals surface area contributed by atoms with E-state index in [1.54, 1.807) is 7.11 Å². The van der Waals surface area contributed by atoms with Crippen LogP contribution in [0.2, 0.25) is 0 Å². The van der Waals surface area contributed by atoms with E-state index in [1.807, 2.05) is 23.9 Å². The highest BCUT2D eigenvalue weighted by atomic mass is 16.5. The van der Waals surface area contributed by atoms with Crippen molar-refractivity contribution in [3.8, 4) is 0 Å². The van der Waals surface area contributed by atoms with Gasteiger partial charge in [0.2, 0.25) is 0 Å². The zero-order chi connectivity index (χ0) is 16.3. The van der Waals surface area contributed by atoms with Gasteiger partial charge in [-0.05, 0) is 18.6 Å². The smallest absolute Gasteiger partial charge is 0.197 e. The van der Waals surface area contributed by atoms with Crippen LogP contribution < -0.4 is 11.5 Å². The second-order valence-electron chi connectivity index (χ2n) is 4.86. The minimum Gasteiger partial charge on any atom is -0.494 e. The molecule has 22 heavy (non-hydrogen) atoms. The molecule has 0 unspecified atom stereocenters. The third kappa shape index (κ3) is 2.59. The van der Waals surface area contributed by atoms with Crippen molar-refractivity contribution < 1.29 is 9.47 Å². The third-order valence-electron chi connectivity index (χ3n) is 3.69. The van der Waals surface area contributed by atoms with Gasteiger partial charge >= 0.3 is 0 Å². The molecule has 118 valence electrons. The van der Waals surface area contributed by atoms with Gasteiger partial charge in [0.05, 0.1) is 31.6 Å². The standard InChI is InChI=1S/C16H22N4O2/c1-5-11-6-10-7-12(20(2)13(10)9-19-11)15(16(18)22-4)14(8-17)21-3/h6-9H,5,17-18H2,1-4H3/b14-8+,16-15+. The number of nitrogens with two attached hydrogens (primary N) is 2. The summed E-state index contributed by atoms with van der Waals surface area (Å²) in [6, 6.07) is 4.10. The summed E-state index contributed by atoms with van der Waals surface area (Å²) in [6.07, 6.45) is 4.11. The Hall–Kier alpha value is -2.63. The predicted molar refractivity (Wildman–Crippen MR) is 87.5 cm³/mol. The van der Waals surface area contributed by atoms with Gasteiger partial charge in [0, 0.05) is 24.3 Å². The molecule has 0 aliphatic rings. The van der Waals surface area contributed by atoms with Crippen molar-refractivity contribution in [2.75, 3.05) is 14.2 Å². The zero-order valence-corrected chi connectivity index (χ0v) is 13.4. The molecule has 0 aromatic carbocycles. The molecule has 0 spiro atoms. The van der Waals surface area contributed by atoms with Gasteiger partial charge < -0.3 is 25.5 Å². The molecule has 0 amide bonds. The fraction of sp³-hybridized carbons (Fsp3) is 0.312. The van der Waals surface area contributed by atoms with E-state index in [0.717, 1.165) is 28.7 Å². The summed E-state index contributed by atoms with van der Waals surface area (Å²) in [7, 11) is 5.00. The van der Waals surface area contributed by atoms with Crippen molar-refractivity contribution in [2.45, 2.75) is 13.3 Å². The first-order valence-corrected chi connectivity index (χ1v) is 7.02. The van der Waals surface area contributed by atoms with Crippen LogP contribution in [0.1, 0.15) is 18.3 Å². The largest absolute Gasteiger partial charge is 0.494 e. The van der Waals surface area contributed by atoms with Crippen LogP contribution in [0.3, 0.4) is 0 Å². The minimum absolute atomic E-state index is 0.244. The Labute approximate surface area is 130 Å². The molecular formula is C16H22N4O2. The molecule has 2 aromatic rings. The lowest BCUT2D eigenvalue weighted by atomic mass is 10.1. The van der Waals surface area contributed by atoms with Gasteiger partial charge in [0.25, 0.3) is 0 Å². The third-order valence-corrected chi connectivity index (χ3v) is 3.69. The van der Waals surface area contributed by atoms with Gasteiger partial charge in [-0.2, -0.15) is 0 Å². The normalized spacial score (nSPS) is 13.2. The maximum absolute atomic E-state index is 6.00. The van der Waals surface area contributed by atoms with E-state index in [9.17, 15) is 0 Å². The summed E-state index contributed by atoms with van der Waals surface area (Å²) in [4.78, 5) is 4.44. The van der Waals surface area contributed by atoms with Crippen LogP contribution in [0.15, 0.2) is 36.2 Å². The number of hydrogen-bond acceptors (Lipinski definition) is 5. The number of ether oxygens (including phenoxy) is 2. The van der Waals surface area contributed by atoms with Crippen LogP contribution in [0.25, 0.3) is 16.5 Å². The maximum atomic E-state index is 6.00. The second-order valence-corrected chi connectivity index (χ2v) is 4.86. The average Bonchev–Trinajstić information content (AvgIpc) is 2.87. The van der Waals surface area contributed by atoms with E-state index in [2.05, 4.69) is 18.0 Å². The molecule has 2 aromatic heterocycles. The van der Waals surface area contributed by atoms with Gasteiger partial charge in [0.1, 0.15) is 11.3 Å². The van der Waals surface area contributed by atoms with Crippen molar-refractivity contribution in [1.29, 1.82) is 0 Å². The van der Waals surface area contributed by atoms with E-state index in [0.29, 0.717) is 11.3 Å². The topological polar surface area (TPSA) is 88.3 Å². The summed E-state index contributed by atoms with van der Waals surface area (Å²) in [5.41, 5.74) is 15.2. The van der Waals surface area contributed by atoms with Crippen molar-refractivity contribution >= 4 is 16.5 Å². The van der Waals surface area contributed by atoms with Gasteiger partial charge in [-0.1, -0.05) is 6.92 Å². The van der Waals surface area contributed by atoms with E-state index in [4.69, 9.17) is 20.9 Å². The molecule has 0 aliphatic carbocycles. The number of rotatable bonds is 5.